The maximum absolute atomic E-state index is 13.7. The molecule has 0 bridgehead atoms. The van der Waals surface area contributed by atoms with E-state index >= 15 is 0 Å². The summed E-state index contributed by atoms with van der Waals surface area (Å²) in [4.78, 5) is 35.4. The number of carbonyl (C=O) groups is 1. The summed E-state index contributed by atoms with van der Waals surface area (Å²) in [6, 6.07) is 15.1. The molecule has 1 fully saturated rings. The van der Waals surface area contributed by atoms with Gasteiger partial charge >= 0.3 is 0 Å². The molecule has 0 saturated carbocycles. The maximum Gasteiger partial charge on any atom is 0.282 e. The second-order valence-corrected chi connectivity index (χ2v) is 8.09. The van der Waals surface area contributed by atoms with Crippen LogP contribution in [0.3, 0.4) is 0 Å². The summed E-state index contributed by atoms with van der Waals surface area (Å²) in [5.74, 6) is 0.402. The van der Waals surface area contributed by atoms with Gasteiger partial charge in [0, 0.05) is 25.2 Å². The van der Waals surface area contributed by atoms with E-state index in [0.29, 0.717) is 17.6 Å². The van der Waals surface area contributed by atoms with Gasteiger partial charge in [-0.3, -0.25) is 9.59 Å². The molecule has 1 aromatic heterocycles. The lowest BCUT2D eigenvalue weighted by molar-refractivity contribution is 0.0560. The van der Waals surface area contributed by atoms with Crippen LogP contribution in [0.2, 0.25) is 0 Å². The highest BCUT2D eigenvalue weighted by atomic mass is 16.5. The average Bonchev–Trinajstić information content (AvgIpc) is 2.80. The molecule has 4 rings (SSSR count). The van der Waals surface area contributed by atoms with E-state index in [-0.39, 0.29) is 23.2 Å². The number of carbonyl (C=O) groups excluding carboxylic acids is 1. The molecule has 7 nitrogen and oxygen atoms in total. The highest BCUT2D eigenvalue weighted by Gasteiger charge is 2.31. The molecule has 31 heavy (non-hydrogen) atoms. The summed E-state index contributed by atoms with van der Waals surface area (Å²) in [5, 5.41) is 0. The quantitative estimate of drug-likeness (QED) is 0.635. The van der Waals surface area contributed by atoms with E-state index in [4.69, 9.17) is 4.74 Å². The lowest BCUT2D eigenvalue weighted by Gasteiger charge is -2.37. The maximum atomic E-state index is 13.7. The number of aryl methyl sites for hydroxylation is 1. The van der Waals surface area contributed by atoms with Crippen LogP contribution in [0.25, 0.3) is 11.0 Å². The molecule has 0 N–H and O–H groups in total. The van der Waals surface area contributed by atoms with Crippen LogP contribution in [0.5, 0.6) is 5.75 Å². The first-order valence-corrected chi connectivity index (χ1v) is 10.6. The number of rotatable bonds is 5. The standard InChI is InChI=1S/C24H28N4O3/c1-26-14-12-18(13-15-26)28(16-17-8-4-7-11-21(17)31-3)24(30)22-23(29)27(2)20-10-6-5-9-19(20)25-22/h4-11,18H,12-16H2,1-3H3. The van der Waals surface area contributed by atoms with Crippen molar-refractivity contribution < 1.29 is 9.53 Å². The van der Waals surface area contributed by atoms with Crippen LogP contribution >= 0.6 is 0 Å². The molecule has 2 aromatic carbocycles. The van der Waals surface area contributed by atoms with E-state index in [1.165, 1.54) is 4.57 Å². The number of benzene rings is 2. The third-order valence-corrected chi connectivity index (χ3v) is 6.11. The van der Waals surface area contributed by atoms with E-state index in [1.807, 2.05) is 53.4 Å². The monoisotopic (exact) mass is 420 g/mol. The van der Waals surface area contributed by atoms with Crippen molar-refractivity contribution in [3.8, 4) is 5.75 Å². The third-order valence-electron chi connectivity index (χ3n) is 6.11. The van der Waals surface area contributed by atoms with Gasteiger partial charge in [0.1, 0.15) is 5.75 Å². The first kappa shape index (κ1) is 21.1. The SMILES string of the molecule is COc1ccccc1CN(C(=O)c1nc2ccccc2n(C)c1=O)C1CCN(C)CC1. The van der Waals surface area contributed by atoms with E-state index in [9.17, 15) is 9.59 Å². The molecular formula is C24H28N4O3. The van der Waals surface area contributed by atoms with Crippen molar-refractivity contribution in [1.82, 2.24) is 19.4 Å². The molecule has 0 spiro atoms. The van der Waals surface area contributed by atoms with Gasteiger partial charge in [0.05, 0.1) is 18.1 Å². The van der Waals surface area contributed by atoms with Crippen LogP contribution in [-0.4, -0.2) is 58.5 Å². The summed E-state index contributed by atoms with van der Waals surface area (Å²) >= 11 is 0. The van der Waals surface area contributed by atoms with Crippen LogP contribution in [0.15, 0.2) is 53.3 Å². The lowest BCUT2D eigenvalue weighted by atomic mass is 10.0. The number of hydrogen-bond donors (Lipinski definition) is 0. The van der Waals surface area contributed by atoms with Crippen molar-refractivity contribution in [1.29, 1.82) is 0 Å². The van der Waals surface area contributed by atoms with Gasteiger partial charge in [-0.15, -0.1) is 0 Å². The summed E-state index contributed by atoms with van der Waals surface area (Å²) in [7, 11) is 5.40. The van der Waals surface area contributed by atoms with Crippen molar-refractivity contribution in [2.24, 2.45) is 7.05 Å². The zero-order chi connectivity index (χ0) is 22.0. The Kier molecular flexibility index (Phi) is 6.04. The Morgan fingerprint density at radius 2 is 1.77 bits per heavy atom. The molecule has 3 aromatic rings. The third kappa shape index (κ3) is 4.18. The Morgan fingerprint density at radius 1 is 1.10 bits per heavy atom. The molecule has 162 valence electrons. The van der Waals surface area contributed by atoms with Gasteiger partial charge in [-0.1, -0.05) is 30.3 Å². The van der Waals surface area contributed by atoms with E-state index in [0.717, 1.165) is 37.2 Å². The van der Waals surface area contributed by atoms with Crippen molar-refractivity contribution in [3.63, 3.8) is 0 Å². The van der Waals surface area contributed by atoms with Gasteiger partial charge in [0.2, 0.25) is 0 Å². The minimum absolute atomic E-state index is 0.0324. The number of likely N-dealkylation sites (tertiary alicyclic amines) is 1. The van der Waals surface area contributed by atoms with Gasteiger partial charge in [-0.25, -0.2) is 4.98 Å². The second kappa shape index (κ2) is 8.89. The number of nitrogens with zero attached hydrogens (tertiary/aromatic N) is 4. The van der Waals surface area contributed by atoms with Gasteiger partial charge < -0.3 is 19.1 Å². The van der Waals surface area contributed by atoms with Gasteiger partial charge in [-0.05, 0) is 51.2 Å². The Bertz CT molecular complexity index is 1150. The molecule has 1 aliphatic heterocycles. The van der Waals surface area contributed by atoms with E-state index in [1.54, 1.807) is 14.2 Å². The summed E-state index contributed by atoms with van der Waals surface area (Å²) < 4.78 is 7.01. The van der Waals surface area contributed by atoms with Crippen LogP contribution in [-0.2, 0) is 13.6 Å². The molecular weight excluding hydrogens is 392 g/mol. The fraction of sp³-hybridized carbons (Fsp3) is 0.375. The number of hydrogen-bond acceptors (Lipinski definition) is 5. The number of aromatic nitrogens is 2. The Balaban J connectivity index is 1.76. The number of para-hydroxylation sites is 3. The molecule has 1 saturated heterocycles. The van der Waals surface area contributed by atoms with Crippen LogP contribution in [0, 0.1) is 0 Å². The zero-order valence-electron chi connectivity index (χ0n) is 18.2. The molecule has 0 atom stereocenters. The Morgan fingerprint density at radius 3 is 2.52 bits per heavy atom. The topological polar surface area (TPSA) is 67.7 Å². The van der Waals surface area contributed by atoms with Gasteiger partial charge in [0.25, 0.3) is 11.5 Å². The molecule has 0 aliphatic carbocycles. The van der Waals surface area contributed by atoms with Gasteiger partial charge in [-0.2, -0.15) is 0 Å². The minimum atomic E-state index is -0.373. The summed E-state index contributed by atoms with van der Waals surface area (Å²) in [6.45, 7) is 2.18. The van der Waals surface area contributed by atoms with Crippen molar-refractivity contribution in [2.75, 3.05) is 27.2 Å². The Labute approximate surface area is 181 Å². The first-order valence-electron chi connectivity index (χ1n) is 10.6. The van der Waals surface area contributed by atoms with Gasteiger partial charge in [0.15, 0.2) is 5.69 Å². The van der Waals surface area contributed by atoms with Crippen molar-refractivity contribution in [3.05, 3.63) is 70.1 Å². The second-order valence-electron chi connectivity index (χ2n) is 8.09. The van der Waals surface area contributed by atoms with E-state index in [2.05, 4.69) is 16.9 Å². The van der Waals surface area contributed by atoms with Crippen molar-refractivity contribution >= 4 is 16.9 Å². The smallest absolute Gasteiger partial charge is 0.282 e. The molecule has 2 heterocycles. The predicted molar refractivity (Wildman–Crippen MR) is 120 cm³/mol. The molecule has 7 heteroatoms. The first-order chi connectivity index (χ1) is 15.0. The van der Waals surface area contributed by atoms with Crippen LogP contribution < -0.4 is 10.3 Å². The molecule has 1 aliphatic rings. The number of ether oxygens (including phenoxy) is 1. The normalized spacial score (nSPS) is 15.2. The zero-order valence-corrected chi connectivity index (χ0v) is 18.2. The van der Waals surface area contributed by atoms with Crippen molar-refractivity contribution in [2.45, 2.75) is 25.4 Å². The molecule has 0 radical (unpaired) electrons. The minimum Gasteiger partial charge on any atom is -0.496 e. The highest BCUT2D eigenvalue weighted by Crippen LogP contribution is 2.25. The number of methoxy groups -OCH3 is 1. The predicted octanol–water partition coefficient (Wildman–Crippen LogP) is 2.68. The molecule has 0 unspecified atom stereocenters. The fourth-order valence-electron chi connectivity index (χ4n) is 4.24. The molecule has 1 amide bonds. The van der Waals surface area contributed by atoms with Crippen LogP contribution in [0.4, 0.5) is 0 Å². The summed E-state index contributed by atoms with van der Waals surface area (Å²) in [6.07, 6.45) is 1.70. The number of piperidine rings is 1. The summed E-state index contributed by atoms with van der Waals surface area (Å²) in [5.41, 5.74) is 1.85. The van der Waals surface area contributed by atoms with Crippen LogP contribution in [0.1, 0.15) is 28.9 Å². The highest BCUT2D eigenvalue weighted by molar-refractivity contribution is 5.94. The number of fused-ring (bicyclic) bond motifs is 1. The Hall–Kier alpha value is -3.19. The lowest BCUT2D eigenvalue weighted by Crippen LogP contribution is -2.48. The van der Waals surface area contributed by atoms with E-state index < -0.39 is 0 Å². The largest absolute Gasteiger partial charge is 0.496 e. The number of amides is 1. The average molecular weight is 421 g/mol. The fourth-order valence-corrected chi connectivity index (χ4v) is 4.24.